The molecule has 0 bridgehead atoms. The molecule has 1 fully saturated rings. The molecule has 1 amide bonds. The second-order valence-corrected chi connectivity index (χ2v) is 8.35. The third-order valence-electron chi connectivity index (χ3n) is 5.11. The quantitative estimate of drug-likeness (QED) is 0.706. The first-order chi connectivity index (χ1) is 13.0. The SMILES string of the molecule is CCn1c(SC(C)C(=O)N2CCC(C)CC2)nnc1-c1ccc(OC)cc1. The normalized spacial score (nSPS) is 16.4. The summed E-state index contributed by atoms with van der Waals surface area (Å²) < 4.78 is 7.28. The Balaban J connectivity index is 1.73. The fraction of sp³-hybridized carbons (Fsp3) is 0.550. The van der Waals surface area contributed by atoms with Gasteiger partial charge in [0, 0.05) is 25.2 Å². The maximum atomic E-state index is 12.8. The number of piperidine rings is 1. The minimum Gasteiger partial charge on any atom is -0.497 e. The molecule has 1 atom stereocenters. The van der Waals surface area contributed by atoms with Crippen LogP contribution in [0.25, 0.3) is 11.4 Å². The van der Waals surface area contributed by atoms with E-state index in [1.165, 1.54) is 11.8 Å². The molecule has 1 saturated heterocycles. The Kier molecular flexibility index (Phi) is 6.42. The number of nitrogens with zero attached hydrogens (tertiary/aromatic N) is 4. The molecule has 1 aromatic heterocycles. The number of likely N-dealkylation sites (tertiary alicyclic amines) is 1. The summed E-state index contributed by atoms with van der Waals surface area (Å²) in [6.45, 7) is 8.76. The number of hydrogen-bond acceptors (Lipinski definition) is 5. The van der Waals surface area contributed by atoms with Crippen molar-refractivity contribution in [1.82, 2.24) is 19.7 Å². The number of thioether (sulfide) groups is 1. The van der Waals surface area contributed by atoms with E-state index in [1.54, 1.807) is 7.11 Å². The summed E-state index contributed by atoms with van der Waals surface area (Å²) in [6, 6.07) is 7.79. The van der Waals surface area contributed by atoms with Crippen molar-refractivity contribution in [2.24, 2.45) is 5.92 Å². The van der Waals surface area contributed by atoms with Crippen molar-refractivity contribution in [2.75, 3.05) is 20.2 Å². The number of methoxy groups -OCH3 is 1. The van der Waals surface area contributed by atoms with Gasteiger partial charge in [0.25, 0.3) is 0 Å². The Labute approximate surface area is 165 Å². The van der Waals surface area contributed by atoms with Crippen LogP contribution in [0, 0.1) is 5.92 Å². The summed E-state index contributed by atoms with van der Waals surface area (Å²) in [5.74, 6) is 2.54. The van der Waals surface area contributed by atoms with Crippen molar-refractivity contribution >= 4 is 17.7 Å². The van der Waals surface area contributed by atoms with E-state index in [1.807, 2.05) is 36.1 Å². The summed E-state index contributed by atoms with van der Waals surface area (Å²) in [5.41, 5.74) is 0.987. The van der Waals surface area contributed by atoms with Gasteiger partial charge in [-0.2, -0.15) is 0 Å². The maximum Gasteiger partial charge on any atom is 0.235 e. The van der Waals surface area contributed by atoms with Gasteiger partial charge in [0.1, 0.15) is 5.75 Å². The van der Waals surface area contributed by atoms with E-state index < -0.39 is 0 Å². The lowest BCUT2D eigenvalue weighted by Gasteiger charge is -2.31. The van der Waals surface area contributed by atoms with Crippen molar-refractivity contribution < 1.29 is 9.53 Å². The second kappa shape index (κ2) is 8.78. The van der Waals surface area contributed by atoms with Crippen LogP contribution in [-0.4, -0.2) is 51.0 Å². The molecule has 0 radical (unpaired) electrons. The van der Waals surface area contributed by atoms with Crippen LogP contribution in [0.4, 0.5) is 0 Å². The summed E-state index contributed by atoms with van der Waals surface area (Å²) in [7, 11) is 1.65. The molecule has 0 aliphatic carbocycles. The van der Waals surface area contributed by atoms with E-state index in [4.69, 9.17) is 4.74 Å². The van der Waals surface area contributed by atoms with Crippen LogP contribution in [0.1, 0.15) is 33.6 Å². The number of carbonyl (C=O) groups is 1. The van der Waals surface area contributed by atoms with Gasteiger partial charge in [0.05, 0.1) is 12.4 Å². The average molecular weight is 389 g/mol. The van der Waals surface area contributed by atoms with Gasteiger partial charge in [-0.1, -0.05) is 18.7 Å². The zero-order chi connectivity index (χ0) is 19.4. The lowest BCUT2D eigenvalue weighted by Crippen LogP contribution is -2.41. The van der Waals surface area contributed by atoms with Crippen molar-refractivity contribution in [2.45, 2.75) is 50.6 Å². The molecule has 6 nitrogen and oxygen atoms in total. The first-order valence-corrected chi connectivity index (χ1v) is 10.4. The summed E-state index contributed by atoms with van der Waals surface area (Å²) in [6.07, 6.45) is 2.19. The molecule has 146 valence electrons. The summed E-state index contributed by atoms with van der Waals surface area (Å²) in [4.78, 5) is 14.8. The number of amides is 1. The highest BCUT2D eigenvalue weighted by Gasteiger charge is 2.27. The number of rotatable bonds is 6. The maximum absolute atomic E-state index is 12.8. The molecule has 7 heteroatoms. The van der Waals surface area contributed by atoms with Gasteiger partial charge in [0.2, 0.25) is 5.91 Å². The van der Waals surface area contributed by atoms with Crippen LogP contribution >= 0.6 is 11.8 Å². The minimum absolute atomic E-state index is 0.170. The molecule has 1 unspecified atom stereocenters. The van der Waals surface area contributed by atoms with E-state index in [2.05, 4.69) is 28.6 Å². The Morgan fingerprint density at radius 2 is 1.93 bits per heavy atom. The molecule has 1 aliphatic rings. The van der Waals surface area contributed by atoms with Gasteiger partial charge in [-0.25, -0.2) is 0 Å². The molecule has 1 aromatic carbocycles. The third kappa shape index (κ3) is 4.46. The highest BCUT2D eigenvalue weighted by molar-refractivity contribution is 8.00. The molecule has 0 saturated carbocycles. The Morgan fingerprint density at radius 3 is 2.52 bits per heavy atom. The standard InChI is InChI=1S/C20H28N4O2S/c1-5-24-18(16-6-8-17(26-4)9-7-16)21-22-20(24)27-15(3)19(25)23-12-10-14(2)11-13-23/h6-9,14-15H,5,10-13H2,1-4H3. The smallest absolute Gasteiger partial charge is 0.235 e. The lowest BCUT2D eigenvalue weighted by molar-refractivity contribution is -0.131. The summed E-state index contributed by atoms with van der Waals surface area (Å²) in [5, 5.41) is 9.35. The minimum atomic E-state index is -0.170. The van der Waals surface area contributed by atoms with E-state index in [0.717, 1.165) is 54.8 Å². The predicted octanol–water partition coefficient (Wildman–Crippen LogP) is 3.71. The van der Waals surface area contributed by atoms with Gasteiger partial charge in [0.15, 0.2) is 11.0 Å². The predicted molar refractivity (Wildman–Crippen MR) is 108 cm³/mol. The molecule has 0 N–H and O–H groups in total. The van der Waals surface area contributed by atoms with Crippen LogP contribution in [0.3, 0.4) is 0 Å². The van der Waals surface area contributed by atoms with E-state index in [0.29, 0.717) is 5.92 Å². The molecular weight excluding hydrogens is 360 g/mol. The van der Waals surface area contributed by atoms with Gasteiger partial charge in [-0.15, -0.1) is 10.2 Å². The first-order valence-electron chi connectivity index (χ1n) is 9.56. The van der Waals surface area contributed by atoms with E-state index >= 15 is 0 Å². The fourth-order valence-corrected chi connectivity index (χ4v) is 4.31. The first kappa shape index (κ1) is 19.7. The molecule has 1 aliphatic heterocycles. The van der Waals surface area contributed by atoms with Gasteiger partial charge in [-0.3, -0.25) is 4.79 Å². The lowest BCUT2D eigenvalue weighted by atomic mass is 9.99. The van der Waals surface area contributed by atoms with E-state index in [9.17, 15) is 4.79 Å². The highest BCUT2D eigenvalue weighted by Crippen LogP contribution is 2.29. The van der Waals surface area contributed by atoms with Gasteiger partial charge < -0.3 is 14.2 Å². The van der Waals surface area contributed by atoms with Crippen LogP contribution in [-0.2, 0) is 11.3 Å². The number of benzene rings is 1. The van der Waals surface area contributed by atoms with Crippen LogP contribution in [0.5, 0.6) is 5.75 Å². The number of aromatic nitrogens is 3. The molecule has 3 rings (SSSR count). The molecular formula is C20H28N4O2S. The van der Waals surface area contributed by atoms with Crippen LogP contribution < -0.4 is 4.74 Å². The molecule has 2 aromatic rings. The van der Waals surface area contributed by atoms with E-state index in [-0.39, 0.29) is 11.2 Å². The fourth-order valence-electron chi connectivity index (χ4n) is 3.31. The van der Waals surface area contributed by atoms with Crippen LogP contribution in [0.2, 0.25) is 0 Å². The summed E-state index contributed by atoms with van der Waals surface area (Å²) >= 11 is 1.49. The van der Waals surface area contributed by atoms with Crippen molar-refractivity contribution in [3.05, 3.63) is 24.3 Å². The number of carbonyl (C=O) groups excluding carboxylic acids is 1. The average Bonchev–Trinajstić information content (AvgIpc) is 3.10. The number of hydrogen-bond donors (Lipinski definition) is 0. The van der Waals surface area contributed by atoms with Crippen LogP contribution in [0.15, 0.2) is 29.4 Å². The van der Waals surface area contributed by atoms with Crippen molar-refractivity contribution in [1.29, 1.82) is 0 Å². The second-order valence-electron chi connectivity index (χ2n) is 7.05. The Bertz CT molecular complexity index is 767. The highest BCUT2D eigenvalue weighted by atomic mass is 32.2. The third-order valence-corrected chi connectivity index (χ3v) is 6.17. The van der Waals surface area contributed by atoms with Gasteiger partial charge in [-0.05, 0) is 56.9 Å². The monoisotopic (exact) mass is 388 g/mol. The molecule has 2 heterocycles. The van der Waals surface area contributed by atoms with Gasteiger partial charge >= 0.3 is 0 Å². The Morgan fingerprint density at radius 1 is 1.26 bits per heavy atom. The zero-order valence-electron chi connectivity index (χ0n) is 16.5. The Hall–Kier alpha value is -2.02. The topological polar surface area (TPSA) is 60.2 Å². The zero-order valence-corrected chi connectivity index (χ0v) is 17.3. The van der Waals surface area contributed by atoms with Crippen molar-refractivity contribution in [3.8, 4) is 17.1 Å². The van der Waals surface area contributed by atoms with Crippen molar-refractivity contribution in [3.63, 3.8) is 0 Å². The largest absolute Gasteiger partial charge is 0.497 e. The number of ether oxygens (including phenoxy) is 1. The molecule has 0 spiro atoms. The molecule has 27 heavy (non-hydrogen) atoms.